The van der Waals surface area contributed by atoms with Gasteiger partial charge in [0.15, 0.2) is 0 Å². The van der Waals surface area contributed by atoms with Crippen LogP contribution < -0.4 is 0 Å². The van der Waals surface area contributed by atoms with Crippen molar-refractivity contribution in [2.75, 3.05) is 0 Å². The Hall–Kier alpha value is -2.08. The van der Waals surface area contributed by atoms with Gasteiger partial charge in [0, 0.05) is 0 Å². The lowest BCUT2D eigenvalue weighted by molar-refractivity contribution is 0.589. The second kappa shape index (κ2) is 5.28. The van der Waals surface area contributed by atoms with Crippen LogP contribution in [-0.2, 0) is 0 Å². The summed E-state index contributed by atoms with van der Waals surface area (Å²) < 4.78 is 0. The summed E-state index contributed by atoms with van der Waals surface area (Å²) in [4.78, 5) is 0. The van der Waals surface area contributed by atoms with Gasteiger partial charge in [0.1, 0.15) is 0 Å². The number of allylic oxidation sites excluding steroid dienone is 3. The maximum Gasteiger partial charge on any atom is -0.00870 e. The molecule has 2 aliphatic carbocycles. The molecule has 0 N–H and O–H groups in total. The average Bonchev–Trinajstić information content (AvgIpc) is 3.17. The molecule has 0 nitrogen and oxygen atoms in total. The quantitative estimate of drug-likeness (QED) is 0.590. The Bertz CT molecular complexity index is 791. The maximum atomic E-state index is 3.97. The van der Waals surface area contributed by atoms with Gasteiger partial charge in [-0.25, -0.2) is 0 Å². The Morgan fingerprint density at radius 1 is 1.09 bits per heavy atom. The third kappa shape index (κ3) is 2.06. The normalized spacial score (nSPS) is 26.3. The molecule has 0 heterocycles. The van der Waals surface area contributed by atoms with Crippen LogP contribution in [0.2, 0.25) is 0 Å². The molecule has 110 valence electrons. The molecule has 0 spiro atoms. The number of rotatable bonds is 3. The Labute approximate surface area is 132 Å². The molecule has 22 heavy (non-hydrogen) atoms. The van der Waals surface area contributed by atoms with E-state index in [1.807, 2.05) is 6.08 Å². The molecular formula is C22H22. The monoisotopic (exact) mass is 286 g/mol. The maximum absolute atomic E-state index is 3.97. The molecular weight excluding hydrogens is 264 g/mol. The second-order valence-corrected chi connectivity index (χ2v) is 6.64. The zero-order chi connectivity index (χ0) is 15.1. The standard InChI is InChI=1S/C22H22/c1-3-6-17-14-22-18(13-16(17)4-2)7-5-8-20(22)21-12-15-9-10-19(21)11-15/h3-10,13-15,19,21H,2,11-12H2,1H3/b6-3-. The Morgan fingerprint density at radius 3 is 2.68 bits per heavy atom. The Morgan fingerprint density at radius 2 is 2.00 bits per heavy atom. The van der Waals surface area contributed by atoms with Gasteiger partial charge in [-0.1, -0.05) is 55.2 Å². The van der Waals surface area contributed by atoms with E-state index in [9.17, 15) is 0 Å². The minimum atomic E-state index is 0.701. The van der Waals surface area contributed by atoms with Crippen molar-refractivity contribution in [3.8, 4) is 0 Å². The summed E-state index contributed by atoms with van der Waals surface area (Å²) in [6.07, 6.45) is 13.8. The first-order valence-electron chi connectivity index (χ1n) is 8.30. The fraction of sp³-hybridized carbons (Fsp3) is 0.273. The molecule has 0 saturated heterocycles. The van der Waals surface area contributed by atoms with Crippen molar-refractivity contribution >= 4 is 22.9 Å². The van der Waals surface area contributed by atoms with E-state index >= 15 is 0 Å². The van der Waals surface area contributed by atoms with Gasteiger partial charge in [-0.2, -0.15) is 0 Å². The van der Waals surface area contributed by atoms with E-state index in [1.165, 1.54) is 40.3 Å². The van der Waals surface area contributed by atoms with Crippen LogP contribution in [0.5, 0.6) is 0 Å². The molecule has 3 unspecified atom stereocenters. The lowest BCUT2D eigenvalue weighted by atomic mass is 9.83. The number of fused-ring (bicyclic) bond motifs is 3. The highest BCUT2D eigenvalue weighted by atomic mass is 14.4. The summed E-state index contributed by atoms with van der Waals surface area (Å²) in [5.74, 6) is 2.26. The lowest BCUT2D eigenvalue weighted by Crippen LogP contribution is -2.05. The summed E-state index contributed by atoms with van der Waals surface area (Å²) >= 11 is 0. The van der Waals surface area contributed by atoms with Gasteiger partial charge < -0.3 is 0 Å². The van der Waals surface area contributed by atoms with Crippen molar-refractivity contribution in [1.29, 1.82) is 0 Å². The van der Waals surface area contributed by atoms with E-state index in [0.29, 0.717) is 5.92 Å². The van der Waals surface area contributed by atoms with E-state index in [0.717, 1.165) is 11.8 Å². The van der Waals surface area contributed by atoms with Crippen LogP contribution in [0.15, 0.2) is 55.1 Å². The molecule has 3 atom stereocenters. The first-order valence-corrected chi connectivity index (χ1v) is 8.30. The summed E-state index contributed by atoms with van der Waals surface area (Å²) in [5, 5.41) is 2.76. The minimum Gasteiger partial charge on any atom is -0.0984 e. The summed E-state index contributed by atoms with van der Waals surface area (Å²) in [5.41, 5.74) is 4.03. The third-order valence-corrected chi connectivity index (χ3v) is 5.36. The second-order valence-electron chi connectivity index (χ2n) is 6.64. The molecule has 0 radical (unpaired) electrons. The zero-order valence-corrected chi connectivity index (χ0v) is 13.1. The van der Waals surface area contributed by atoms with Gasteiger partial charge in [0.05, 0.1) is 0 Å². The number of hydrogen-bond acceptors (Lipinski definition) is 0. The van der Waals surface area contributed by atoms with Crippen LogP contribution in [0.4, 0.5) is 0 Å². The van der Waals surface area contributed by atoms with Crippen molar-refractivity contribution in [2.24, 2.45) is 11.8 Å². The molecule has 2 bridgehead atoms. The highest BCUT2D eigenvalue weighted by Gasteiger charge is 2.36. The molecule has 0 amide bonds. The van der Waals surface area contributed by atoms with E-state index in [2.05, 4.69) is 68.1 Å². The topological polar surface area (TPSA) is 0 Å². The first kappa shape index (κ1) is 13.6. The average molecular weight is 286 g/mol. The molecule has 2 aliphatic rings. The predicted octanol–water partition coefficient (Wildman–Crippen LogP) is 6.20. The van der Waals surface area contributed by atoms with Gasteiger partial charge in [-0.3, -0.25) is 0 Å². The van der Waals surface area contributed by atoms with Crippen LogP contribution >= 0.6 is 0 Å². The van der Waals surface area contributed by atoms with Crippen molar-refractivity contribution in [3.63, 3.8) is 0 Å². The van der Waals surface area contributed by atoms with Crippen molar-refractivity contribution in [2.45, 2.75) is 25.7 Å². The molecule has 1 saturated carbocycles. The van der Waals surface area contributed by atoms with Crippen LogP contribution in [0, 0.1) is 11.8 Å². The molecule has 0 aromatic heterocycles. The van der Waals surface area contributed by atoms with Crippen molar-refractivity contribution in [3.05, 3.63) is 71.8 Å². The zero-order valence-electron chi connectivity index (χ0n) is 13.1. The van der Waals surface area contributed by atoms with Gasteiger partial charge in [0.2, 0.25) is 0 Å². The fourth-order valence-corrected chi connectivity index (χ4v) is 4.35. The van der Waals surface area contributed by atoms with E-state index in [-0.39, 0.29) is 0 Å². The van der Waals surface area contributed by atoms with Gasteiger partial charge in [-0.15, -0.1) is 0 Å². The first-order chi connectivity index (χ1) is 10.8. The highest BCUT2D eigenvalue weighted by Crippen LogP contribution is 2.50. The van der Waals surface area contributed by atoms with Crippen LogP contribution in [0.1, 0.15) is 42.4 Å². The van der Waals surface area contributed by atoms with Crippen LogP contribution in [0.25, 0.3) is 22.9 Å². The van der Waals surface area contributed by atoms with Crippen molar-refractivity contribution in [1.82, 2.24) is 0 Å². The Balaban J connectivity index is 1.90. The van der Waals surface area contributed by atoms with Gasteiger partial charge >= 0.3 is 0 Å². The highest BCUT2D eigenvalue weighted by molar-refractivity contribution is 5.91. The largest absolute Gasteiger partial charge is 0.0984 e. The summed E-state index contributed by atoms with van der Waals surface area (Å²) in [6.45, 7) is 6.04. The minimum absolute atomic E-state index is 0.701. The van der Waals surface area contributed by atoms with Crippen molar-refractivity contribution < 1.29 is 0 Å². The van der Waals surface area contributed by atoms with Gasteiger partial charge in [0.25, 0.3) is 0 Å². The number of benzene rings is 2. The molecule has 1 fully saturated rings. The van der Waals surface area contributed by atoms with Gasteiger partial charge in [-0.05, 0) is 77.1 Å². The smallest absolute Gasteiger partial charge is 0.00870 e. The SMILES string of the molecule is C=Cc1cc2cccc(C3CC4C=CC3C4)c2cc1/C=C\C. The van der Waals surface area contributed by atoms with E-state index < -0.39 is 0 Å². The molecule has 0 aliphatic heterocycles. The Kier molecular flexibility index (Phi) is 3.26. The summed E-state index contributed by atoms with van der Waals surface area (Å²) in [7, 11) is 0. The summed E-state index contributed by atoms with van der Waals surface area (Å²) in [6, 6.07) is 11.4. The molecule has 2 aromatic rings. The number of hydrogen-bond donors (Lipinski definition) is 0. The van der Waals surface area contributed by atoms with Crippen LogP contribution in [0.3, 0.4) is 0 Å². The molecule has 2 aromatic carbocycles. The molecule has 4 rings (SSSR count). The predicted molar refractivity (Wildman–Crippen MR) is 96.8 cm³/mol. The fourth-order valence-electron chi connectivity index (χ4n) is 4.35. The molecule has 0 heteroatoms. The third-order valence-electron chi connectivity index (χ3n) is 5.36. The lowest BCUT2D eigenvalue weighted by Gasteiger charge is -2.21. The van der Waals surface area contributed by atoms with E-state index in [4.69, 9.17) is 0 Å². The van der Waals surface area contributed by atoms with Crippen LogP contribution in [-0.4, -0.2) is 0 Å². The van der Waals surface area contributed by atoms with E-state index in [1.54, 1.807) is 0 Å².